The van der Waals surface area contributed by atoms with Crippen molar-refractivity contribution >= 4 is 11.8 Å². The molecular weight excluding hydrogens is 506 g/mol. The van der Waals surface area contributed by atoms with E-state index in [1.165, 1.54) is 0 Å². The average molecular weight is 540 g/mol. The van der Waals surface area contributed by atoms with Crippen LogP contribution in [-0.4, -0.2) is 56.0 Å². The van der Waals surface area contributed by atoms with Crippen molar-refractivity contribution in [2.24, 2.45) is 5.73 Å². The van der Waals surface area contributed by atoms with E-state index in [1.807, 2.05) is 66.7 Å². The van der Waals surface area contributed by atoms with Crippen LogP contribution in [0.4, 0.5) is 0 Å². The monoisotopic (exact) mass is 539 g/mol. The van der Waals surface area contributed by atoms with Crippen molar-refractivity contribution in [3.8, 4) is 28.3 Å². The fourth-order valence-electron chi connectivity index (χ4n) is 5.01. The molecule has 1 aliphatic rings. The summed E-state index contributed by atoms with van der Waals surface area (Å²) < 4.78 is 5.42. The van der Waals surface area contributed by atoms with Gasteiger partial charge in [-0.25, -0.2) is 0 Å². The lowest BCUT2D eigenvalue weighted by Gasteiger charge is -2.26. The number of nitrogens with two attached hydrogens (primary N) is 1. The number of benzene rings is 3. The van der Waals surface area contributed by atoms with Gasteiger partial charge in [-0.3, -0.25) is 9.59 Å². The molecule has 0 unspecified atom stereocenters. The van der Waals surface area contributed by atoms with Crippen molar-refractivity contribution in [3.63, 3.8) is 0 Å². The van der Waals surface area contributed by atoms with Crippen LogP contribution in [0.25, 0.3) is 22.5 Å². The van der Waals surface area contributed by atoms with Gasteiger partial charge in [-0.15, -0.1) is 10.2 Å². The lowest BCUT2D eigenvalue weighted by atomic mass is 9.98. The number of rotatable bonds is 8. The van der Waals surface area contributed by atoms with Crippen LogP contribution in [0, 0.1) is 0 Å². The number of H-pyrrole nitrogens is 1. The minimum absolute atomic E-state index is 0.120. The van der Waals surface area contributed by atoms with Crippen LogP contribution in [0.3, 0.4) is 0 Å². The van der Waals surface area contributed by atoms with E-state index >= 15 is 0 Å². The summed E-state index contributed by atoms with van der Waals surface area (Å²) in [4.78, 5) is 28.3. The SMILES string of the molecule is COc1ccc2c(c1)C[C@@H](NC(=O)CC(C)(C)N)C(=O)N(Cc1ccc(-c3ccccc3-c3nn[nH]n3)cc1)C2. The van der Waals surface area contributed by atoms with Gasteiger partial charge in [0.15, 0.2) is 0 Å². The average Bonchev–Trinajstić information content (AvgIpc) is 3.43. The molecule has 0 bridgehead atoms. The predicted octanol–water partition coefficient (Wildman–Crippen LogP) is 3.24. The fourth-order valence-corrected chi connectivity index (χ4v) is 5.01. The number of aromatic amines is 1. The number of methoxy groups -OCH3 is 1. The van der Waals surface area contributed by atoms with Crippen LogP contribution in [0.5, 0.6) is 5.75 Å². The summed E-state index contributed by atoms with van der Waals surface area (Å²) in [5.74, 6) is 0.854. The van der Waals surface area contributed by atoms with Gasteiger partial charge in [0, 0.05) is 37.0 Å². The Bertz CT molecular complexity index is 1490. The fraction of sp³-hybridized carbons (Fsp3) is 0.300. The van der Waals surface area contributed by atoms with Gasteiger partial charge < -0.3 is 20.7 Å². The van der Waals surface area contributed by atoms with Crippen molar-refractivity contribution in [2.45, 2.75) is 51.4 Å². The summed E-state index contributed by atoms with van der Waals surface area (Å²) in [6.07, 6.45) is 0.499. The third-order valence-electron chi connectivity index (χ3n) is 6.91. The maximum absolute atomic E-state index is 13.8. The Hall–Kier alpha value is -4.57. The van der Waals surface area contributed by atoms with Crippen LogP contribution in [0.15, 0.2) is 66.7 Å². The van der Waals surface area contributed by atoms with Crippen LogP contribution < -0.4 is 15.8 Å². The van der Waals surface area contributed by atoms with E-state index in [0.717, 1.165) is 33.4 Å². The molecule has 0 radical (unpaired) electrons. The van der Waals surface area contributed by atoms with Crippen molar-refractivity contribution in [1.29, 1.82) is 0 Å². The first-order valence-electron chi connectivity index (χ1n) is 13.1. The molecule has 4 aromatic rings. The number of fused-ring (bicyclic) bond motifs is 1. The number of nitrogens with zero attached hydrogens (tertiary/aromatic N) is 4. The number of amides is 2. The van der Waals surface area contributed by atoms with Gasteiger partial charge in [0.2, 0.25) is 17.6 Å². The largest absolute Gasteiger partial charge is 0.497 e. The second-order valence-electron chi connectivity index (χ2n) is 10.8. The zero-order valence-electron chi connectivity index (χ0n) is 22.8. The lowest BCUT2D eigenvalue weighted by Crippen LogP contribution is -2.50. The molecular formula is C30H33N7O3. The Morgan fingerprint density at radius 1 is 1.10 bits per heavy atom. The Balaban J connectivity index is 1.40. The van der Waals surface area contributed by atoms with E-state index in [2.05, 4.69) is 25.9 Å². The number of hydrogen-bond donors (Lipinski definition) is 3. The van der Waals surface area contributed by atoms with Crippen molar-refractivity contribution in [2.75, 3.05) is 7.11 Å². The maximum atomic E-state index is 13.8. The molecule has 0 aliphatic carbocycles. The van der Waals surface area contributed by atoms with Gasteiger partial charge in [0.05, 0.1) is 7.11 Å². The molecule has 1 aromatic heterocycles. The van der Waals surface area contributed by atoms with E-state index in [9.17, 15) is 9.59 Å². The van der Waals surface area contributed by atoms with Crippen LogP contribution in [0.2, 0.25) is 0 Å². The normalized spacial score (nSPS) is 15.3. The van der Waals surface area contributed by atoms with Gasteiger partial charge in [-0.2, -0.15) is 5.21 Å². The minimum Gasteiger partial charge on any atom is -0.497 e. The summed E-state index contributed by atoms with van der Waals surface area (Å²) in [7, 11) is 1.61. The smallest absolute Gasteiger partial charge is 0.246 e. The molecule has 1 aliphatic heterocycles. The molecule has 206 valence electrons. The summed E-state index contributed by atoms with van der Waals surface area (Å²) in [5, 5.41) is 17.4. The molecule has 40 heavy (non-hydrogen) atoms. The minimum atomic E-state index is -0.704. The summed E-state index contributed by atoms with van der Waals surface area (Å²) in [6.45, 7) is 4.40. The first-order chi connectivity index (χ1) is 19.2. The number of aromatic nitrogens is 4. The number of carbonyl (C=O) groups is 2. The zero-order chi connectivity index (χ0) is 28.3. The molecule has 2 heterocycles. The Morgan fingerprint density at radius 3 is 2.52 bits per heavy atom. The second kappa shape index (κ2) is 11.3. The summed E-state index contributed by atoms with van der Waals surface area (Å²) >= 11 is 0. The molecule has 0 saturated heterocycles. The molecule has 3 aromatic carbocycles. The van der Waals surface area contributed by atoms with Gasteiger partial charge in [0.25, 0.3) is 0 Å². The Morgan fingerprint density at radius 2 is 1.85 bits per heavy atom. The highest BCUT2D eigenvalue weighted by molar-refractivity contribution is 5.89. The molecule has 2 amide bonds. The highest BCUT2D eigenvalue weighted by Crippen LogP contribution is 2.30. The van der Waals surface area contributed by atoms with Crippen molar-refractivity contribution < 1.29 is 14.3 Å². The first kappa shape index (κ1) is 27.0. The number of hydrogen-bond acceptors (Lipinski definition) is 7. The van der Waals surface area contributed by atoms with Crippen molar-refractivity contribution in [1.82, 2.24) is 30.8 Å². The molecule has 1 atom stereocenters. The van der Waals surface area contributed by atoms with Gasteiger partial charge in [-0.1, -0.05) is 54.6 Å². The third kappa shape index (κ3) is 6.18. The van der Waals surface area contributed by atoms with E-state index in [4.69, 9.17) is 10.5 Å². The van der Waals surface area contributed by atoms with Gasteiger partial charge >= 0.3 is 0 Å². The van der Waals surface area contributed by atoms with E-state index < -0.39 is 11.6 Å². The van der Waals surface area contributed by atoms with E-state index in [1.54, 1.807) is 25.9 Å². The van der Waals surface area contributed by atoms with Gasteiger partial charge in [0.1, 0.15) is 11.8 Å². The zero-order valence-corrected chi connectivity index (χ0v) is 22.8. The van der Waals surface area contributed by atoms with Crippen molar-refractivity contribution in [3.05, 3.63) is 83.4 Å². The molecule has 10 nitrogen and oxygen atoms in total. The van der Waals surface area contributed by atoms with E-state index in [-0.39, 0.29) is 18.2 Å². The first-order valence-corrected chi connectivity index (χ1v) is 13.1. The van der Waals surface area contributed by atoms with Crippen LogP contribution >= 0.6 is 0 Å². The molecule has 0 saturated carbocycles. The van der Waals surface area contributed by atoms with Gasteiger partial charge in [-0.05, 0) is 59.0 Å². The Kier molecular flexibility index (Phi) is 7.61. The second-order valence-corrected chi connectivity index (χ2v) is 10.8. The highest BCUT2D eigenvalue weighted by Gasteiger charge is 2.32. The lowest BCUT2D eigenvalue weighted by molar-refractivity contribution is -0.137. The molecule has 0 fully saturated rings. The molecule has 5 rings (SSSR count). The highest BCUT2D eigenvalue weighted by atomic mass is 16.5. The summed E-state index contributed by atoms with van der Waals surface area (Å²) in [6, 6.07) is 21.1. The quantitative estimate of drug-likeness (QED) is 0.312. The standard InChI is InChI=1S/C30H33N7O3/c1-30(2,31)16-27(38)32-26-15-22-14-23(40-3)13-12-21(22)18-37(29(26)39)17-19-8-10-20(11-9-19)24-6-4-5-7-25(24)28-33-35-36-34-28/h4-14,26H,15-18,31H2,1-3H3,(H,32,38)(H,33,34,35,36)/t26-/m1/s1. The van der Waals surface area contributed by atoms with E-state index in [0.29, 0.717) is 31.1 Å². The van der Waals surface area contributed by atoms with Crippen LogP contribution in [-0.2, 0) is 29.1 Å². The molecule has 0 spiro atoms. The number of ether oxygens (including phenoxy) is 1. The topological polar surface area (TPSA) is 139 Å². The third-order valence-corrected chi connectivity index (χ3v) is 6.91. The Labute approximate surface area is 232 Å². The molecule has 10 heteroatoms. The predicted molar refractivity (Wildman–Crippen MR) is 151 cm³/mol. The van der Waals surface area contributed by atoms with Crippen LogP contribution in [0.1, 0.15) is 37.0 Å². The number of tetrazole rings is 1. The number of nitrogens with one attached hydrogen (secondary N) is 2. The summed E-state index contributed by atoms with van der Waals surface area (Å²) in [5.41, 5.74) is 11.2. The number of carbonyl (C=O) groups excluding carboxylic acids is 2. The maximum Gasteiger partial charge on any atom is 0.246 e. The molecule has 4 N–H and O–H groups in total.